The molecule has 2 bridgehead atoms. The Labute approximate surface area is 164 Å². The van der Waals surface area contributed by atoms with Crippen molar-refractivity contribution in [3.8, 4) is 11.8 Å². The lowest BCUT2D eigenvalue weighted by atomic mass is 10.1. The molecule has 2 aliphatic heterocycles. The van der Waals surface area contributed by atoms with Gasteiger partial charge in [0.2, 0.25) is 5.91 Å². The van der Waals surface area contributed by atoms with E-state index in [9.17, 15) is 4.79 Å². The smallest absolute Gasteiger partial charge is 0.244 e. The number of rotatable bonds is 5. The lowest BCUT2D eigenvalue weighted by Gasteiger charge is -2.31. The second-order valence-corrected chi connectivity index (χ2v) is 7.18. The Balaban J connectivity index is 1.61. The molecule has 0 spiro atoms. The molecule has 28 heavy (non-hydrogen) atoms. The maximum absolute atomic E-state index is 13.5. The van der Waals surface area contributed by atoms with E-state index in [4.69, 9.17) is 14.7 Å². The largest absolute Gasteiger partial charge is 0.487 e. The van der Waals surface area contributed by atoms with Gasteiger partial charge in [0.15, 0.2) is 0 Å². The number of methoxy groups -OCH3 is 1. The van der Waals surface area contributed by atoms with Crippen LogP contribution in [0.4, 0.5) is 5.69 Å². The zero-order chi connectivity index (χ0) is 19.5. The zero-order valence-electron chi connectivity index (χ0n) is 15.9. The first-order chi connectivity index (χ1) is 13.7. The Hall–Kier alpha value is -2.88. The summed E-state index contributed by atoms with van der Waals surface area (Å²) >= 11 is 0. The fourth-order valence-electron chi connectivity index (χ4n) is 3.97. The summed E-state index contributed by atoms with van der Waals surface area (Å²) in [6.45, 7) is 2.30. The fourth-order valence-corrected chi connectivity index (χ4v) is 3.97. The highest BCUT2D eigenvalue weighted by atomic mass is 16.5. The molecule has 2 aromatic rings. The first kappa shape index (κ1) is 18.5. The van der Waals surface area contributed by atoms with Crippen LogP contribution in [0.25, 0.3) is 0 Å². The van der Waals surface area contributed by atoms with Gasteiger partial charge < -0.3 is 14.4 Å². The van der Waals surface area contributed by atoms with E-state index in [1.807, 2.05) is 48.5 Å². The summed E-state index contributed by atoms with van der Waals surface area (Å²) in [4.78, 5) is 17.4. The minimum Gasteiger partial charge on any atom is -0.487 e. The Morgan fingerprint density at radius 1 is 1.21 bits per heavy atom. The first-order valence-corrected chi connectivity index (χ1v) is 9.48. The molecule has 0 aliphatic carbocycles. The normalized spacial score (nSPS) is 21.4. The third kappa shape index (κ3) is 3.59. The highest BCUT2D eigenvalue weighted by molar-refractivity contribution is 5.99. The molecule has 1 amide bonds. The lowest BCUT2D eigenvalue weighted by molar-refractivity contribution is -0.123. The first-order valence-electron chi connectivity index (χ1n) is 9.48. The highest BCUT2D eigenvalue weighted by Crippen LogP contribution is 2.36. The van der Waals surface area contributed by atoms with Crippen molar-refractivity contribution >= 4 is 11.6 Å². The molecule has 0 saturated carbocycles. The summed E-state index contributed by atoms with van der Waals surface area (Å²) in [5, 5.41) is 8.98. The maximum atomic E-state index is 13.5. The number of fused-ring (bicyclic) bond motifs is 3. The van der Waals surface area contributed by atoms with E-state index >= 15 is 0 Å². The van der Waals surface area contributed by atoms with E-state index in [0.717, 1.165) is 17.0 Å². The van der Waals surface area contributed by atoms with Gasteiger partial charge in [-0.25, -0.2) is 0 Å². The monoisotopic (exact) mass is 377 g/mol. The predicted octanol–water partition coefficient (Wildman–Crippen LogP) is 2.57. The number of anilines is 1. The molecule has 1 fully saturated rings. The molecule has 0 N–H and O–H groups in total. The molecule has 2 heterocycles. The van der Waals surface area contributed by atoms with Crippen LogP contribution in [0.15, 0.2) is 48.5 Å². The molecule has 6 nitrogen and oxygen atoms in total. The average Bonchev–Trinajstić information content (AvgIpc) is 3.12. The van der Waals surface area contributed by atoms with Gasteiger partial charge in [0.1, 0.15) is 11.9 Å². The van der Waals surface area contributed by atoms with Crippen molar-refractivity contribution in [2.45, 2.75) is 25.1 Å². The second kappa shape index (κ2) is 8.01. The number of carbonyl (C=O) groups is 1. The molecular weight excluding hydrogens is 354 g/mol. The molecule has 2 atom stereocenters. The van der Waals surface area contributed by atoms with Crippen molar-refractivity contribution in [2.75, 3.05) is 31.7 Å². The number of hydrogen-bond donors (Lipinski definition) is 0. The number of carbonyl (C=O) groups excluding carboxylic acids is 1. The van der Waals surface area contributed by atoms with E-state index in [-0.39, 0.29) is 18.1 Å². The van der Waals surface area contributed by atoms with Crippen LogP contribution in [0, 0.1) is 11.3 Å². The summed E-state index contributed by atoms with van der Waals surface area (Å²) in [6, 6.07) is 17.1. The molecule has 2 aliphatic rings. The molecule has 144 valence electrons. The van der Waals surface area contributed by atoms with Crippen LogP contribution in [0.3, 0.4) is 0 Å². The van der Waals surface area contributed by atoms with Crippen molar-refractivity contribution in [1.82, 2.24) is 4.90 Å². The summed E-state index contributed by atoms with van der Waals surface area (Å²) < 4.78 is 11.5. The van der Waals surface area contributed by atoms with Gasteiger partial charge in [0.05, 0.1) is 30.0 Å². The van der Waals surface area contributed by atoms with Crippen molar-refractivity contribution < 1.29 is 14.3 Å². The third-order valence-corrected chi connectivity index (χ3v) is 5.35. The third-order valence-electron chi connectivity index (χ3n) is 5.35. The summed E-state index contributed by atoms with van der Waals surface area (Å²) in [5.41, 5.74) is 2.52. The zero-order valence-corrected chi connectivity index (χ0v) is 15.9. The van der Waals surface area contributed by atoms with Crippen LogP contribution >= 0.6 is 0 Å². The Bertz CT molecular complexity index is 891. The van der Waals surface area contributed by atoms with Crippen LogP contribution < -0.4 is 9.64 Å². The van der Waals surface area contributed by atoms with E-state index < -0.39 is 0 Å². The van der Waals surface area contributed by atoms with Crippen LogP contribution in [-0.2, 0) is 16.1 Å². The number of amides is 1. The highest BCUT2D eigenvalue weighted by Gasteiger charge is 2.42. The second-order valence-electron chi connectivity index (χ2n) is 7.18. The Kier molecular flexibility index (Phi) is 5.29. The van der Waals surface area contributed by atoms with Crippen LogP contribution in [0.2, 0.25) is 0 Å². The minimum atomic E-state index is -0.231. The van der Waals surface area contributed by atoms with Crippen molar-refractivity contribution in [3.05, 3.63) is 59.7 Å². The number of nitriles is 1. The fraction of sp³-hybridized carbons (Fsp3) is 0.364. The van der Waals surface area contributed by atoms with Gasteiger partial charge in [-0.3, -0.25) is 9.69 Å². The maximum Gasteiger partial charge on any atom is 0.244 e. The van der Waals surface area contributed by atoms with Gasteiger partial charge in [-0.2, -0.15) is 5.26 Å². The quantitative estimate of drug-likeness (QED) is 0.801. The van der Waals surface area contributed by atoms with E-state index in [1.165, 1.54) is 0 Å². The molecule has 0 unspecified atom stereocenters. The number of benzene rings is 2. The number of ether oxygens (including phenoxy) is 2. The molecule has 0 aromatic heterocycles. The SMILES string of the molecule is COCCN1C(=O)[C@@H]2C[C@@H](CN2Cc2ccc(C#N)cc2)Oc2ccccc21. The summed E-state index contributed by atoms with van der Waals surface area (Å²) in [7, 11) is 1.64. The average molecular weight is 377 g/mol. The standard InChI is InChI=1S/C22H23N3O3/c1-27-11-10-25-19-4-2-3-5-21(19)28-18-12-20(22(25)26)24(15-18)14-17-8-6-16(13-23)7-9-17/h2-9,18,20H,10-12,14-15H2,1H3/t18-,20-/m0/s1. The van der Waals surface area contributed by atoms with Gasteiger partial charge in [-0.15, -0.1) is 0 Å². The Morgan fingerprint density at radius 3 is 2.75 bits per heavy atom. The molecule has 0 radical (unpaired) electrons. The van der Waals surface area contributed by atoms with Gasteiger partial charge >= 0.3 is 0 Å². The van der Waals surface area contributed by atoms with Gasteiger partial charge in [0.25, 0.3) is 0 Å². The molecule has 2 aromatic carbocycles. The summed E-state index contributed by atoms with van der Waals surface area (Å²) in [6.07, 6.45) is 0.658. The van der Waals surface area contributed by atoms with Gasteiger partial charge in [-0.1, -0.05) is 24.3 Å². The molecule has 6 heteroatoms. The number of para-hydroxylation sites is 2. The molecular formula is C22H23N3O3. The number of hydrogen-bond acceptors (Lipinski definition) is 5. The predicted molar refractivity (Wildman–Crippen MR) is 105 cm³/mol. The summed E-state index contributed by atoms with van der Waals surface area (Å²) in [5.74, 6) is 0.833. The Morgan fingerprint density at radius 2 is 2.00 bits per heavy atom. The lowest BCUT2D eigenvalue weighted by Crippen LogP contribution is -2.47. The van der Waals surface area contributed by atoms with Crippen molar-refractivity contribution in [3.63, 3.8) is 0 Å². The van der Waals surface area contributed by atoms with Gasteiger partial charge in [0, 0.05) is 33.2 Å². The van der Waals surface area contributed by atoms with Crippen LogP contribution in [0.1, 0.15) is 17.5 Å². The number of likely N-dealkylation sites (tertiary alicyclic amines) is 1. The van der Waals surface area contributed by atoms with Gasteiger partial charge in [-0.05, 0) is 29.8 Å². The molecule has 4 rings (SSSR count). The van der Waals surface area contributed by atoms with E-state index in [1.54, 1.807) is 12.0 Å². The van der Waals surface area contributed by atoms with Crippen LogP contribution in [-0.4, -0.2) is 49.8 Å². The molecule has 1 saturated heterocycles. The van der Waals surface area contributed by atoms with Crippen molar-refractivity contribution in [1.29, 1.82) is 5.26 Å². The van der Waals surface area contributed by atoms with E-state index in [0.29, 0.717) is 38.2 Å². The van der Waals surface area contributed by atoms with E-state index in [2.05, 4.69) is 11.0 Å². The van der Waals surface area contributed by atoms with Crippen molar-refractivity contribution in [2.24, 2.45) is 0 Å². The minimum absolute atomic E-state index is 0.0157. The van der Waals surface area contributed by atoms with Crippen LogP contribution in [0.5, 0.6) is 5.75 Å². The number of nitrogens with zero attached hydrogens (tertiary/aromatic N) is 3. The topological polar surface area (TPSA) is 65.8 Å².